The topological polar surface area (TPSA) is 17.1 Å². The van der Waals surface area contributed by atoms with Crippen LogP contribution < -0.4 is 0 Å². The minimum atomic E-state index is 0.161. The molecule has 90 valence electrons. The largest absolute Gasteiger partial charge is 0.295 e. The van der Waals surface area contributed by atoms with E-state index in [0.717, 1.165) is 29.0 Å². The van der Waals surface area contributed by atoms with Crippen LogP contribution in [-0.4, -0.2) is 5.78 Å². The van der Waals surface area contributed by atoms with Gasteiger partial charge in [0, 0.05) is 11.4 Å². The van der Waals surface area contributed by atoms with Gasteiger partial charge in [-0.15, -0.1) is 0 Å². The van der Waals surface area contributed by atoms with E-state index >= 15 is 0 Å². The lowest BCUT2D eigenvalue weighted by atomic mass is 9.74. The van der Waals surface area contributed by atoms with Crippen LogP contribution in [0.15, 0.2) is 29.8 Å². The fourth-order valence-electron chi connectivity index (χ4n) is 2.16. The van der Waals surface area contributed by atoms with Crippen LogP contribution >= 0.6 is 11.6 Å². The molecule has 0 unspecified atom stereocenters. The van der Waals surface area contributed by atoms with Crippen LogP contribution in [0, 0.1) is 5.41 Å². The van der Waals surface area contributed by atoms with E-state index in [1.807, 2.05) is 30.3 Å². The molecule has 1 aromatic carbocycles. The molecule has 2 rings (SSSR count). The number of allylic oxidation sites excluding steroid dienone is 1. The molecular weight excluding hydrogens is 232 g/mol. The van der Waals surface area contributed by atoms with Crippen LogP contribution in [0.2, 0.25) is 5.02 Å². The summed E-state index contributed by atoms with van der Waals surface area (Å²) in [6.45, 7) is 4.31. The van der Waals surface area contributed by atoms with Gasteiger partial charge in [0.05, 0.1) is 0 Å². The normalized spacial score (nSPS) is 21.8. The van der Waals surface area contributed by atoms with Crippen molar-refractivity contribution in [3.05, 3.63) is 40.4 Å². The summed E-state index contributed by atoms with van der Waals surface area (Å²) >= 11 is 5.83. The van der Waals surface area contributed by atoms with Crippen LogP contribution in [0.5, 0.6) is 0 Å². The average molecular weight is 249 g/mol. The molecule has 0 bridgehead atoms. The number of benzene rings is 1. The molecule has 2 heteroatoms. The molecule has 1 aromatic rings. The zero-order valence-corrected chi connectivity index (χ0v) is 11.1. The average Bonchev–Trinajstić information content (AvgIpc) is 2.24. The zero-order valence-electron chi connectivity index (χ0n) is 10.3. The molecule has 0 radical (unpaired) electrons. The van der Waals surface area contributed by atoms with Crippen LogP contribution in [0.25, 0.3) is 6.08 Å². The molecule has 1 fully saturated rings. The fourth-order valence-corrected chi connectivity index (χ4v) is 2.29. The maximum atomic E-state index is 12.0. The van der Waals surface area contributed by atoms with Crippen molar-refractivity contribution in [2.75, 3.05) is 0 Å². The molecule has 0 aromatic heterocycles. The SMILES string of the molecule is CC1(C)CC/C(=C\c2ccc(Cl)cc2)C(=O)C1. The molecular formula is C15H17ClO. The Morgan fingerprint density at radius 2 is 1.88 bits per heavy atom. The Morgan fingerprint density at radius 3 is 2.47 bits per heavy atom. The Bertz CT molecular complexity index is 454. The summed E-state index contributed by atoms with van der Waals surface area (Å²) in [5, 5.41) is 0.725. The third kappa shape index (κ3) is 3.19. The Kier molecular flexibility index (Phi) is 3.39. The van der Waals surface area contributed by atoms with E-state index in [4.69, 9.17) is 11.6 Å². The van der Waals surface area contributed by atoms with E-state index in [0.29, 0.717) is 6.42 Å². The summed E-state index contributed by atoms with van der Waals surface area (Å²) in [7, 11) is 0. The van der Waals surface area contributed by atoms with Gasteiger partial charge < -0.3 is 0 Å². The van der Waals surface area contributed by atoms with Gasteiger partial charge >= 0.3 is 0 Å². The van der Waals surface area contributed by atoms with Crippen molar-refractivity contribution >= 4 is 23.5 Å². The molecule has 0 aliphatic heterocycles. The van der Waals surface area contributed by atoms with E-state index in [-0.39, 0.29) is 11.2 Å². The molecule has 1 aliphatic carbocycles. The standard InChI is InChI=1S/C15H17ClO/c1-15(2)8-7-12(14(17)10-15)9-11-3-5-13(16)6-4-11/h3-6,9H,7-8,10H2,1-2H3/b12-9+. The van der Waals surface area contributed by atoms with E-state index in [9.17, 15) is 4.79 Å². The van der Waals surface area contributed by atoms with E-state index in [1.165, 1.54) is 0 Å². The smallest absolute Gasteiger partial charge is 0.159 e. The van der Waals surface area contributed by atoms with Crippen molar-refractivity contribution in [1.82, 2.24) is 0 Å². The third-order valence-corrected chi connectivity index (χ3v) is 3.53. The molecule has 0 heterocycles. The summed E-state index contributed by atoms with van der Waals surface area (Å²) in [4.78, 5) is 12.0. The lowest BCUT2D eigenvalue weighted by Gasteiger charge is -2.29. The van der Waals surface area contributed by atoms with Crippen molar-refractivity contribution in [2.24, 2.45) is 5.41 Å². The van der Waals surface area contributed by atoms with Gasteiger partial charge in [0.25, 0.3) is 0 Å². The van der Waals surface area contributed by atoms with Gasteiger partial charge in [0.15, 0.2) is 5.78 Å². The first kappa shape index (κ1) is 12.4. The van der Waals surface area contributed by atoms with E-state index < -0.39 is 0 Å². The summed E-state index contributed by atoms with van der Waals surface area (Å²) in [5.74, 6) is 0.288. The second kappa shape index (κ2) is 4.66. The maximum absolute atomic E-state index is 12.0. The highest BCUT2D eigenvalue weighted by molar-refractivity contribution is 6.30. The Labute approximate surface area is 107 Å². The number of Topliss-reactive ketones (excluding diaryl/α,β-unsaturated/α-hetero) is 1. The summed E-state index contributed by atoms with van der Waals surface area (Å²) in [5.41, 5.74) is 2.16. The molecule has 0 atom stereocenters. The minimum Gasteiger partial charge on any atom is -0.295 e. The van der Waals surface area contributed by atoms with Crippen molar-refractivity contribution in [3.8, 4) is 0 Å². The first-order chi connectivity index (χ1) is 7.96. The fraction of sp³-hybridized carbons (Fsp3) is 0.400. The number of carbonyl (C=O) groups excluding carboxylic acids is 1. The monoisotopic (exact) mass is 248 g/mol. The van der Waals surface area contributed by atoms with Gasteiger partial charge in [0.1, 0.15) is 0 Å². The molecule has 0 saturated heterocycles. The molecule has 1 nitrogen and oxygen atoms in total. The number of carbonyl (C=O) groups is 1. The molecule has 0 spiro atoms. The predicted octanol–water partition coefficient (Wildman–Crippen LogP) is 4.50. The van der Waals surface area contributed by atoms with Gasteiger partial charge in [0.2, 0.25) is 0 Å². The minimum absolute atomic E-state index is 0.161. The number of ketones is 1. The summed E-state index contributed by atoms with van der Waals surface area (Å²) in [6, 6.07) is 7.60. The van der Waals surface area contributed by atoms with Gasteiger partial charge in [-0.05, 0) is 47.6 Å². The van der Waals surface area contributed by atoms with Crippen molar-refractivity contribution < 1.29 is 4.79 Å². The predicted molar refractivity (Wildman–Crippen MR) is 72.1 cm³/mol. The second-order valence-corrected chi connectivity index (χ2v) is 5.92. The molecule has 1 aliphatic rings. The number of halogens is 1. The van der Waals surface area contributed by atoms with Crippen molar-refractivity contribution in [2.45, 2.75) is 33.1 Å². The first-order valence-electron chi connectivity index (χ1n) is 5.96. The summed E-state index contributed by atoms with van der Waals surface area (Å²) < 4.78 is 0. The molecule has 0 amide bonds. The first-order valence-corrected chi connectivity index (χ1v) is 6.33. The van der Waals surface area contributed by atoms with Crippen molar-refractivity contribution in [3.63, 3.8) is 0 Å². The van der Waals surface area contributed by atoms with Gasteiger partial charge in [-0.3, -0.25) is 4.79 Å². The van der Waals surface area contributed by atoms with E-state index in [1.54, 1.807) is 0 Å². The molecule has 0 N–H and O–H groups in total. The molecule has 1 saturated carbocycles. The van der Waals surface area contributed by atoms with Gasteiger partial charge in [-0.1, -0.05) is 37.6 Å². The number of rotatable bonds is 1. The lowest BCUT2D eigenvalue weighted by molar-refractivity contribution is -0.118. The van der Waals surface area contributed by atoms with Crippen LogP contribution in [0.3, 0.4) is 0 Å². The zero-order chi connectivity index (χ0) is 12.5. The van der Waals surface area contributed by atoms with E-state index in [2.05, 4.69) is 13.8 Å². The Hall–Kier alpha value is -1.08. The molecule has 17 heavy (non-hydrogen) atoms. The Balaban J connectivity index is 2.18. The quantitative estimate of drug-likeness (QED) is 0.669. The van der Waals surface area contributed by atoms with Crippen molar-refractivity contribution in [1.29, 1.82) is 0 Å². The van der Waals surface area contributed by atoms with Gasteiger partial charge in [-0.2, -0.15) is 0 Å². The lowest BCUT2D eigenvalue weighted by Crippen LogP contribution is -2.24. The summed E-state index contributed by atoms with van der Waals surface area (Å²) in [6.07, 6.45) is 4.62. The van der Waals surface area contributed by atoms with Crippen LogP contribution in [0.4, 0.5) is 0 Å². The van der Waals surface area contributed by atoms with Gasteiger partial charge in [-0.25, -0.2) is 0 Å². The van der Waals surface area contributed by atoms with Crippen LogP contribution in [0.1, 0.15) is 38.7 Å². The highest BCUT2D eigenvalue weighted by atomic mass is 35.5. The maximum Gasteiger partial charge on any atom is 0.159 e. The Morgan fingerprint density at radius 1 is 1.24 bits per heavy atom. The highest BCUT2D eigenvalue weighted by Crippen LogP contribution is 2.36. The third-order valence-electron chi connectivity index (χ3n) is 3.28. The number of hydrogen-bond acceptors (Lipinski definition) is 1. The van der Waals surface area contributed by atoms with Crippen LogP contribution in [-0.2, 0) is 4.79 Å². The second-order valence-electron chi connectivity index (χ2n) is 5.49. The number of hydrogen-bond donors (Lipinski definition) is 0. The highest BCUT2D eigenvalue weighted by Gasteiger charge is 2.29.